The van der Waals surface area contributed by atoms with Gasteiger partial charge in [0.2, 0.25) is 5.91 Å². The second kappa shape index (κ2) is 5.24. The number of carbonyl (C=O) groups is 1. The van der Waals surface area contributed by atoms with E-state index in [9.17, 15) is 4.79 Å². The predicted octanol–water partition coefficient (Wildman–Crippen LogP) is 2.49. The Bertz CT molecular complexity index is 368. The molecule has 1 rings (SSSR count). The van der Waals surface area contributed by atoms with Gasteiger partial charge in [0.25, 0.3) is 0 Å². The summed E-state index contributed by atoms with van der Waals surface area (Å²) in [5, 5.41) is 0.882. The van der Waals surface area contributed by atoms with Gasteiger partial charge in [-0.25, -0.2) is 0 Å². The molecule has 0 aromatic heterocycles. The van der Waals surface area contributed by atoms with E-state index in [1.807, 2.05) is 0 Å². The summed E-state index contributed by atoms with van der Waals surface area (Å²) in [6.07, 6.45) is 0. The van der Waals surface area contributed by atoms with Crippen LogP contribution in [0.3, 0.4) is 0 Å². The third kappa shape index (κ3) is 3.61. The highest BCUT2D eigenvalue weighted by Gasteiger charge is 2.09. The average molecular weight is 248 g/mol. The minimum Gasteiger partial charge on any atom is -0.493 e. The van der Waals surface area contributed by atoms with Crippen LogP contribution < -0.4 is 10.5 Å². The third-order valence-electron chi connectivity index (χ3n) is 1.88. The van der Waals surface area contributed by atoms with Crippen molar-refractivity contribution in [3.05, 3.63) is 28.2 Å². The van der Waals surface area contributed by atoms with Crippen LogP contribution in [0.2, 0.25) is 10.0 Å². The van der Waals surface area contributed by atoms with Crippen molar-refractivity contribution >= 4 is 29.1 Å². The number of primary amides is 1. The number of halogens is 2. The molecule has 3 nitrogen and oxygen atoms in total. The second-order valence-corrected chi connectivity index (χ2v) is 4.00. The van der Waals surface area contributed by atoms with Gasteiger partial charge in [-0.1, -0.05) is 30.1 Å². The number of carbonyl (C=O) groups excluding carboxylic acids is 1. The van der Waals surface area contributed by atoms with Crippen molar-refractivity contribution in [2.24, 2.45) is 11.7 Å². The van der Waals surface area contributed by atoms with E-state index in [2.05, 4.69) is 0 Å². The molecule has 0 aliphatic heterocycles. The molecule has 2 N–H and O–H groups in total. The van der Waals surface area contributed by atoms with Gasteiger partial charge in [-0.3, -0.25) is 4.79 Å². The molecule has 82 valence electrons. The Balaban J connectivity index is 2.58. The van der Waals surface area contributed by atoms with E-state index in [1.165, 1.54) is 0 Å². The zero-order valence-corrected chi connectivity index (χ0v) is 9.68. The molecule has 0 saturated carbocycles. The Morgan fingerprint density at radius 3 is 2.67 bits per heavy atom. The number of ether oxygens (including phenoxy) is 1. The molecule has 1 amide bonds. The summed E-state index contributed by atoms with van der Waals surface area (Å²) < 4.78 is 5.32. The van der Waals surface area contributed by atoms with Gasteiger partial charge < -0.3 is 10.5 Å². The smallest absolute Gasteiger partial charge is 0.223 e. The first-order chi connectivity index (χ1) is 7.00. The molecule has 0 aliphatic carbocycles. The maximum absolute atomic E-state index is 10.7. The van der Waals surface area contributed by atoms with Gasteiger partial charge in [-0.05, 0) is 12.1 Å². The first-order valence-electron chi connectivity index (χ1n) is 4.38. The lowest BCUT2D eigenvalue weighted by atomic mass is 10.2. The summed E-state index contributed by atoms with van der Waals surface area (Å²) in [5.74, 6) is -0.160. The lowest BCUT2D eigenvalue weighted by Crippen LogP contribution is -2.25. The van der Waals surface area contributed by atoms with Crippen LogP contribution in [0, 0.1) is 5.92 Å². The molecule has 0 saturated heterocycles. The number of rotatable bonds is 4. The Hall–Kier alpha value is -0.930. The summed E-state index contributed by atoms with van der Waals surface area (Å²) in [5.41, 5.74) is 5.09. The highest BCUT2D eigenvalue weighted by atomic mass is 35.5. The Morgan fingerprint density at radius 1 is 1.47 bits per heavy atom. The van der Waals surface area contributed by atoms with Crippen LogP contribution in [0.4, 0.5) is 0 Å². The molecule has 0 bridgehead atoms. The fraction of sp³-hybridized carbons (Fsp3) is 0.300. The van der Waals surface area contributed by atoms with Gasteiger partial charge in [0.15, 0.2) is 0 Å². The highest BCUT2D eigenvalue weighted by molar-refractivity contribution is 6.42. The fourth-order valence-electron chi connectivity index (χ4n) is 0.870. The second-order valence-electron chi connectivity index (χ2n) is 3.19. The maximum atomic E-state index is 10.7. The maximum Gasteiger partial charge on any atom is 0.223 e. The van der Waals surface area contributed by atoms with E-state index in [1.54, 1.807) is 25.1 Å². The molecule has 15 heavy (non-hydrogen) atoms. The average Bonchev–Trinajstić information content (AvgIpc) is 2.19. The van der Waals surface area contributed by atoms with Crippen LogP contribution in [0.5, 0.6) is 5.75 Å². The molecule has 1 aromatic carbocycles. The highest BCUT2D eigenvalue weighted by Crippen LogP contribution is 2.26. The number of amides is 1. The van der Waals surface area contributed by atoms with Crippen molar-refractivity contribution in [3.63, 3.8) is 0 Å². The number of nitrogens with two attached hydrogens (primary N) is 1. The van der Waals surface area contributed by atoms with Crippen LogP contribution in [-0.4, -0.2) is 12.5 Å². The van der Waals surface area contributed by atoms with E-state index in [0.29, 0.717) is 15.8 Å². The van der Waals surface area contributed by atoms with Crippen LogP contribution in [0.15, 0.2) is 18.2 Å². The monoisotopic (exact) mass is 247 g/mol. The molecule has 0 aliphatic rings. The van der Waals surface area contributed by atoms with Crippen molar-refractivity contribution in [1.29, 1.82) is 0 Å². The lowest BCUT2D eigenvalue weighted by molar-refractivity contribution is -0.122. The Morgan fingerprint density at radius 2 is 2.13 bits per heavy atom. The van der Waals surface area contributed by atoms with E-state index in [0.717, 1.165) is 0 Å². The molecule has 0 heterocycles. The van der Waals surface area contributed by atoms with Crippen LogP contribution in [-0.2, 0) is 4.79 Å². The van der Waals surface area contributed by atoms with Gasteiger partial charge >= 0.3 is 0 Å². The Labute approximate surface area is 98.1 Å². The summed E-state index contributed by atoms with van der Waals surface area (Å²) in [7, 11) is 0. The largest absolute Gasteiger partial charge is 0.493 e. The fourth-order valence-corrected chi connectivity index (χ4v) is 1.16. The van der Waals surface area contributed by atoms with Gasteiger partial charge in [-0.2, -0.15) is 0 Å². The molecule has 5 heteroatoms. The number of hydrogen-bond acceptors (Lipinski definition) is 2. The first-order valence-corrected chi connectivity index (χ1v) is 5.13. The minimum atomic E-state index is -0.393. The molecular weight excluding hydrogens is 237 g/mol. The molecule has 1 aromatic rings. The van der Waals surface area contributed by atoms with E-state index in [4.69, 9.17) is 33.7 Å². The van der Waals surface area contributed by atoms with Gasteiger partial charge in [0.1, 0.15) is 5.75 Å². The van der Waals surface area contributed by atoms with Crippen molar-refractivity contribution in [3.8, 4) is 5.75 Å². The summed E-state index contributed by atoms with van der Waals surface area (Å²) >= 11 is 11.5. The van der Waals surface area contributed by atoms with Gasteiger partial charge in [0, 0.05) is 6.07 Å². The zero-order valence-electron chi connectivity index (χ0n) is 8.17. The standard InChI is InChI=1S/C10H11Cl2NO2/c1-6(10(13)14)5-15-7-2-3-8(11)9(12)4-7/h2-4,6H,5H2,1H3,(H2,13,14). The molecular formula is C10H11Cl2NO2. The van der Waals surface area contributed by atoms with Crippen LogP contribution in [0.1, 0.15) is 6.92 Å². The number of benzene rings is 1. The van der Waals surface area contributed by atoms with Crippen LogP contribution in [0.25, 0.3) is 0 Å². The summed E-state index contributed by atoms with van der Waals surface area (Å²) in [4.78, 5) is 10.7. The normalized spacial score (nSPS) is 12.2. The van der Waals surface area contributed by atoms with Crippen molar-refractivity contribution in [1.82, 2.24) is 0 Å². The van der Waals surface area contributed by atoms with Crippen LogP contribution >= 0.6 is 23.2 Å². The molecule has 1 unspecified atom stereocenters. The zero-order chi connectivity index (χ0) is 11.4. The van der Waals surface area contributed by atoms with E-state index >= 15 is 0 Å². The lowest BCUT2D eigenvalue weighted by Gasteiger charge is -2.10. The third-order valence-corrected chi connectivity index (χ3v) is 2.62. The summed E-state index contributed by atoms with van der Waals surface area (Å²) in [6.45, 7) is 1.92. The minimum absolute atomic E-state index is 0.229. The molecule has 1 atom stereocenters. The van der Waals surface area contributed by atoms with Crippen molar-refractivity contribution < 1.29 is 9.53 Å². The van der Waals surface area contributed by atoms with E-state index < -0.39 is 5.91 Å². The van der Waals surface area contributed by atoms with Crippen molar-refractivity contribution in [2.75, 3.05) is 6.61 Å². The molecule has 0 spiro atoms. The summed E-state index contributed by atoms with van der Waals surface area (Å²) in [6, 6.07) is 4.91. The predicted molar refractivity (Wildman–Crippen MR) is 60.3 cm³/mol. The first kappa shape index (κ1) is 12.1. The SMILES string of the molecule is CC(COc1ccc(Cl)c(Cl)c1)C(N)=O. The topological polar surface area (TPSA) is 52.3 Å². The molecule has 0 radical (unpaired) electrons. The Kier molecular flexibility index (Phi) is 4.24. The van der Waals surface area contributed by atoms with Crippen molar-refractivity contribution in [2.45, 2.75) is 6.92 Å². The van der Waals surface area contributed by atoms with Gasteiger partial charge in [-0.15, -0.1) is 0 Å². The quantitative estimate of drug-likeness (QED) is 0.889. The van der Waals surface area contributed by atoms with Gasteiger partial charge in [0.05, 0.1) is 22.6 Å². The number of hydrogen-bond donors (Lipinski definition) is 1. The molecule has 0 fully saturated rings. The van der Waals surface area contributed by atoms with E-state index in [-0.39, 0.29) is 12.5 Å².